The normalized spacial score (nSPS) is 11.3. The Labute approximate surface area is 129 Å². The number of carbonyl (C=O) groups excluding carboxylic acids is 1. The van der Waals surface area contributed by atoms with Crippen molar-refractivity contribution >= 4 is 28.1 Å². The fourth-order valence-electron chi connectivity index (χ4n) is 1.72. The largest absolute Gasteiger partial charge is 0.271 e. The second-order valence-corrected chi connectivity index (χ2v) is 5.30. The van der Waals surface area contributed by atoms with Gasteiger partial charge in [-0.05, 0) is 29.8 Å². The van der Waals surface area contributed by atoms with Crippen LogP contribution in [0.2, 0.25) is 0 Å². The van der Waals surface area contributed by atoms with E-state index in [9.17, 15) is 9.18 Å². The highest BCUT2D eigenvalue weighted by molar-refractivity contribution is 9.10. The van der Waals surface area contributed by atoms with E-state index in [1.807, 2.05) is 6.92 Å². The molecule has 0 aliphatic heterocycles. The molecule has 0 radical (unpaired) electrons. The predicted octanol–water partition coefficient (Wildman–Crippen LogP) is 1.29. The Morgan fingerprint density at radius 3 is 2.81 bits per heavy atom. The van der Waals surface area contributed by atoms with Crippen molar-refractivity contribution in [3.05, 3.63) is 33.6 Å². The van der Waals surface area contributed by atoms with Crippen LogP contribution < -0.4 is 5.43 Å². The van der Waals surface area contributed by atoms with Crippen molar-refractivity contribution in [3.63, 3.8) is 0 Å². The summed E-state index contributed by atoms with van der Waals surface area (Å²) < 4.78 is 17.1. The summed E-state index contributed by atoms with van der Waals surface area (Å²) in [6, 6.07) is 0. The maximum Gasteiger partial charge on any atom is 0.261 e. The smallest absolute Gasteiger partial charge is 0.261 e. The van der Waals surface area contributed by atoms with Gasteiger partial charge in [-0.15, -0.1) is 0 Å². The second kappa shape index (κ2) is 6.17. The number of hydrogen-bond acceptors (Lipinski definition) is 4. The van der Waals surface area contributed by atoms with Crippen LogP contribution in [0.5, 0.6) is 0 Å². The molecule has 0 fully saturated rings. The first kappa shape index (κ1) is 15.4. The van der Waals surface area contributed by atoms with E-state index in [4.69, 9.17) is 0 Å². The van der Waals surface area contributed by atoms with E-state index in [0.717, 1.165) is 14.8 Å². The van der Waals surface area contributed by atoms with Crippen LogP contribution in [0.15, 0.2) is 15.8 Å². The number of halogens is 2. The summed E-state index contributed by atoms with van der Waals surface area (Å²) >= 11 is 3.31. The van der Waals surface area contributed by atoms with Crippen molar-refractivity contribution in [2.75, 3.05) is 0 Å². The monoisotopic (exact) mass is 356 g/mol. The number of nitrogens with zero attached hydrogens (tertiary/aromatic N) is 5. The average molecular weight is 357 g/mol. The van der Waals surface area contributed by atoms with E-state index < -0.39 is 5.95 Å². The van der Waals surface area contributed by atoms with Gasteiger partial charge in [0.1, 0.15) is 6.54 Å². The Kier molecular flexibility index (Phi) is 4.51. The highest BCUT2D eigenvalue weighted by atomic mass is 79.9. The van der Waals surface area contributed by atoms with Crippen molar-refractivity contribution in [2.45, 2.75) is 20.4 Å². The van der Waals surface area contributed by atoms with Gasteiger partial charge in [0.25, 0.3) is 5.91 Å². The van der Waals surface area contributed by atoms with E-state index in [1.54, 1.807) is 13.1 Å². The van der Waals surface area contributed by atoms with Gasteiger partial charge >= 0.3 is 0 Å². The first-order chi connectivity index (χ1) is 9.90. The molecule has 1 amide bonds. The maximum absolute atomic E-state index is 13.6. The highest BCUT2D eigenvalue weighted by Gasteiger charge is 2.11. The van der Waals surface area contributed by atoms with E-state index in [1.165, 1.54) is 17.9 Å². The minimum absolute atomic E-state index is 0.0310. The van der Waals surface area contributed by atoms with Gasteiger partial charge < -0.3 is 0 Å². The van der Waals surface area contributed by atoms with Crippen LogP contribution >= 0.6 is 15.9 Å². The number of hydrogen-bond donors (Lipinski definition) is 1. The van der Waals surface area contributed by atoms with Gasteiger partial charge in [0.15, 0.2) is 0 Å². The van der Waals surface area contributed by atoms with Crippen molar-refractivity contribution in [3.8, 4) is 0 Å². The zero-order valence-electron chi connectivity index (χ0n) is 11.8. The molecule has 112 valence electrons. The predicted molar refractivity (Wildman–Crippen MR) is 78.3 cm³/mol. The third-order valence-electron chi connectivity index (χ3n) is 2.92. The molecule has 2 aromatic heterocycles. The number of aromatic nitrogens is 4. The van der Waals surface area contributed by atoms with Gasteiger partial charge in [-0.2, -0.15) is 19.7 Å². The van der Waals surface area contributed by atoms with Crippen molar-refractivity contribution in [1.82, 2.24) is 25.0 Å². The summed E-state index contributed by atoms with van der Waals surface area (Å²) in [6.07, 6.45) is 2.85. The van der Waals surface area contributed by atoms with Crippen LogP contribution in [0.25, 0.3) is 0 Å². The SMILES string of the molecule is Cc1nn(C)c(F)c1/C=N\NC(=O)Cn1ncc(Br)c1C. The number of hydrazone groups is 1. The Bertz CT molecular complexity index is 705. The lowest BCUT2D eigenvalue weighted by Crippen LogP contribution is -2.24. The molecular weight excluding hydrogens is 343 g/mol. The fraction of sp³-hybridized carbons (Fsp3) is 0.333. The van der Waals surface area contributed by atoms with Gasteiger partial charge in [0, 0.05) is 7.05 Å². The van der Waals surface area contributed by atoms with E-state index in [-0.39, 0.29) is 18.0 Å². The van der Waals surface area contributed by atoms with Crippen molar-refractivity contribution < 1.29 is 9.18 Å². The van der Waals surface area contributed by atoms with Crippen LogP contribution in [0.4, 0.5) is 4.39 Å². The summed E-state index contributed by atoms with van der Waals surface area (Å²) in [4.78, 5) is 11.7. The van der Waals surface area contributed by atoms with Gasteiger partial charge in [-0.25, -0.2) is 10.1 Å². The van der Waals surface area contributed by atoms with Crippen LogP contribution in [-0.4, -0.2) is 31.7 Å². The number of carbonyl (C=O) groups is 1. The molecule has 0 aliphatic carbocycles. The molecule has 9 heteroatoms. The lowest BCUT2D eigenvalue weighted by atomic mass is 10.3. The molecule has 0 aliphatic rings. The Morgan fingerprint density at radius 2 is 2.29 bits per heavy atom. The first-order valence-electron chi connectivity index (χ1n) is 6.09. The molecule has 0 aromatic carbocycles. The molecule has 7 nitrogen and oxygen atoms in total. The van der Waals surface area contributed by atoms with Gasteiger partial charge in [-0.1, -0.05) is 0 Å². The first-order valence-corrected chi connectivity index (χ1v) is 6.88. The fourth-order valence-corrected chi connectivity index (χ4v) is 2.01. The Balaban J connectivity index is 1.98. The molecule has 0 saturated carbocycles. The van der Waals surface area contributed by atoms with Gasteiger partial charge in [0.05, 0.1) is 33.8 Å². The number of rotatable bonds is 4. The summed E-state index contributed by atoms with van der Waals surface area (Å²) in [7, 11) is 1.50. The molecule has 2 aromatic rings. The third-order valence-corrected chi connectivity index (χ3v) is 3.69. The molecule has 2 heterocycles. The molecule has 0 bridgehead atoms. The standard InChI is InChI=1S/C12H14BrFN6O/c1-7-9(12(14)19(3)18-7)4-15-17-11(21)6-20-8(2)10(13)5-16-20/h4-5H,6H2,1-3H3,(H,17,21)/b15-4-. The van der Waals surface area contributed by atoms with Crippen molar-refractivity contribution in [2.24, 2.45) is 12.1 Å². The maximum atomic E-state index is 13.6. The number of nitrogens with one attached hydrogen (secondary N) is 1. The summed E-state index contributed by atoms with van der Waals surface area (Å²) in [5.74, 6) is -0.857. The molecule has 2 rings (SSSR count). The second-order valence-electron chi connectivity index (χ2n) is 4.44. The molecular formula is C12H14BrFN6O. The summed E-state index contributed by atoms with van der Waals surface area (Å²) in [5, 5.41) is 11.7. The molecule has 0 spiro atoms. The highest BCUT2D eigenvalue weighted by Crippen LogP contribution is 2.13. The van der Waals surface area contributed by atoms with Gasteiger partial charge in [0.2, 0.25) is 5.95 Å². The van der Waals surface area contributed by atoms with E-state index in [0.29, 0.717) is 5.69 Å². The minimum atomic E-state index is -0.502. The minimum Gasteiger partial charge on any atom is -0.271 e. The molecule has 21 heavy (non-hydrogen) atoms. The van der Waals surface area contributed by atoms with Crippen LogP contribution in [-0.2, 0) is 18.4 Å². The van der Waals surface area contributed by atoms with Crippen LogP contribution in [0, 0.1) is 19.8 Å². The Morgan fingerprint density at radius 1 is 1.57 bits per heavy atom. The molecule has 1 N–H and O–H groups in total. The summed E-state index contributed by atoms with van der Waals surface area (Å²) in [5.41, 5.74) is 3.91. The van der Waals surface area contributed by atoms with E-state index >= 15 is 0 Å². The quantitative estimate of drug-likeness (QED) is 0.662. The molecule has 0 atom stereocenters. The molecule has 0 unspecified atom stereocenters. The topological polar surface area (TPSA) is 77.1 Å². The van der Waals surface area contributed by atoms with Crippen LogP contribution in [0.3, 0.4) is 0 Å². The zero-order chi connectivity index (χ0) is 15.6. The van der Waals surface area contributed by atoms with Crippen molar-refractivity contribution in [1.29, 1.82) is 0 Å². The van der Waals surface area contributed by atoms with Gasteiger partial charge in [-0.3, -0.25) is 9.48 Å². The van der Waals surface area contributed by atoms with Crippen LogP contribution in [0.1, 0.15) is 17.0 Å². The zero-order valence-corrected chi connectivity index (χ0v) is 13.3. The molecule has 0 saturated heterocycles. The number of amides is 1. The number of aryl methyl sites for hydroxylation is 2. The average Bonchev–Trinajstić information content (AvgIpc) is 2.86. The lowest BCUT2D eigenvalue weighted by molar-refractivity contribution is -0.121. The summed E-state index contributed by atoms with van der Waals surface area (Å²) in [6.45, 7) is 3.53. The lowest BCUT2D eigenvalue weighted by Gasteiger charge is -2.02. The Hall–Kier alpha value is -2.03. The van der Waals surface area contributed by atoms with E-state index in [2.05, 4.69) is 36.7 Å². The third kappa shape index (κ3) is 3.35.